The molecule has 2 unspecified atom stereocenters. The van der Waals surface area contributed by atoms with Gasteiger partial charge in [-0.2, -0.15) is 0 Å². The van der Waals surface area contributed by atoms with Gasteiger partial charge in [0.15, 0.2) is 0 Å². The molecule has 2 aliphatic rings. The van der Waals surface area contributed by atoms with E-state index in [-0.39, 0.29) is 29.6 Å². The lowest BCUT2D eigenvalue weighted by molar-refractivity contribution is -0.155. The van der Waals surface area contributed by atoms with Crippen LogP contribution in [0, 0.1) is 0 Å². The van der Waals surface area contributed by atoms with Crippen molar-refractivity contribution in [3.05, 3.63) is 108 Å². The summed E-state index contributed by atoms with van der Waals surface area (Å²) in [7, 11) is 2.17. The summed E-state index contributed by atoms with van der Waals surface area (Å²) in [4.78, 5) is 14.8. The fraction of sp³-hybridized carbons (Fsp3) is 0.457. The van der Waals surface area contributed by atoms with Crippen molar-refractivity contribution in [1.82, 2.24) is 4.90 Å². The van der Waals surface area contributed by atoms with Crippen LogP contribution in [-0.4, -0.2) is 53.4 Å². The Kier molecular flexibility index (Phi) is 9.83. The first-order valence-electron chi connectivity index (χ1n) is 14.6. The Labute approximate surface area is 240 Å². The molecule has 0 aliphatic carbocycles. The summed E-state index contributed by atoms with van der Waals surface area (Å²) < 4.78 is 5.70. The zero-order valence-corrected chi connectivity index (χ0v) is 24.5. The van der Waals surface area contributed by atoms with Gasteiger partial charge in [0.1, 0.15) is 12.0 Å². The van der Waals surface area contributed by atoms with Crippen LogP contribution in [0.2, 0.25) is 0 Å². The molecule has 0 spiro atoms. The molecule has 2 fully saturated rings. The van der Waals surface area contributed by atoms with Crippen LogP contribution in [-0.2, 0) is 21.4 Å². The lowest BCUT2D eigenvalue weighted by Crippen LogP contribution is -2.53. The average molecular weight is 543 g/mol. The first-order valence-corrected chi connectivity index (χ1v) is 14.6. The highest BCUT2D eigenvalue weighted by Gasteiger charge is 2.41. The third-order valence-electron chi connectivity index (χ3n) is 9.24. The molecule has 2 aliphatic heterocycles. The number of carbonyl (C=O) groups excluding carboxylic acids is 1. The van der Waals surface area contributed by atoms with E-state index in [4.69, 9.17) is 10.5 Å². The molecule has 40 heavy (non-hydrogen) atoms. The molecular formula is C35H46N2O3. The number of carbonyl (C=O) groups is 1. The predicted molar refractivity (Wildman–Crippen MR) is 162 cm³/mol. The number of hydrogen-bond acceptors (Lipinski definition) is 5. The van der Waals surface area contributed by atoms with Crippen molar-refractivity contribution in [2.45, 2.75) is 87.9 Å². The Balaban J connectivity index is 0.000000186. The SMILES string of the molecule is CC(C)(N)C(C)(Cc1ccccc1)c1ccccc1.CN1[C@@H]2CC[C@H]1C[C@@H](OC(=O)C(CO)c1ccccc1)C2. The Morgan fingerprint density at radius 2 is 1.40 bits per heavy atom. The number of benzene rings is 3. The zero-order valence-electron chi connectivity index (χ0n) is 24.5. The first kappa shape index (κ1) is 30.0. The second kappa shape index (κ2) is 13.1. The van der Waals surface area contributed by atoms with Gasteiger partial charge in [-0.1, -0.05) is 97.9 Å². The van der Waals surface area contributed by atoms with Gasteiger partial charge in [-0.25, -0.2) is 0 Å². The third-order valence-corrected chi connectivity index (χ3v) is 9.24. The van der Waals surface area contributed by atoms with E-state index in [9.17, 15) is 9.90 Å². The minimum Gasteiger partial charge on any atom is -0.462 e. The van der Waals surface area contributed by atoms with Gasteiger partial charge in [0.2, 0.25) is 0 Å². The average Bonchev–Trinajstić information content (AvgIpc) is 3.15. The zero-order chi connectivity index (χ0) is 28.8. The summed E-state index contributed by atoms with van der Waals surface area (Å²) in [5.74, 6) is -0.860. The second-order valence-electron chi connectivity index (χ2n) is 12.3. The van der Waals surface area contributed by atoms with Gasteiger partial charge < -0.3 is 20.5 Å². The van der Waals surface area contributed by atoms with Crippen molar-refractivity contribution in [2.75, 3.05) is 13.7 Å². The molecule has 3 N–H and O–H groups in total. The van der Waals surface area contributed by atoms with Gasteiger partial charge >= 0.3 is 5.97 Å². The number of aliphatic hydroxyl groups excluding tert-OH is 1. The Morgan fingerprint density at radius 3 is 1.90 bits per heavy atom. The molecule has 3 aromatic carbocycles. The fourth-order valence-electron chi connectivity index (χ4n) is 6.22. The number of fused-ring (bicyclic) bond motifs is 2. The molecule has 0 radical (unpaired) electrons. The van der Waals surface area contributed by atoms with E-state index < -0.39 is 5.92 Å². The summed E-state index contributed by atoms with van der Waals surface area (Å²) in [6.45, 7) is 6.28. The van der Waals surface area contributed by atoms with Gasteiger partial charge in [0.25, 0.3) is 0 Å². The number of nitrogens with zero attached hydrogens (tertiary/aromatic N) is 1. The van der Waals surface area contributed by atoms with E-state index in [1.165, 1.54) is 24.0 Å². The van der Waals surface area contributed by atoms with Gasteiger partial charge in [0.05, 0.1) is 6.61 Å². The molecule has 3 aromatic rings. The van der Waals surface area contributed by atoms with Crippen LogP contribution in [0.25, 0.3) is 0 Å². The number of rotatable bonds is 8. The van der Waals surface area contributed by atoms with Crippen molar-refractivity contribution < 1.29 is 14.6 Å². The molecular weight excluding hydrogens is 496 g/mol. The highest BCUT2D eigenvalue weighted by Crippen LogP contribution is 2.37. The van der Waals surface area contributed by atoms with Crippen LogP contribution in [0.5, 0.6) is 0 Å². The van der Waals surface area contributed by atoms with E-state index in [1.54, 1.807) is 0 Å². The number of aliphatic hydroxyl groups is 1. The maximum atomic E-state index is 12.4. The van der Waals surface area contributed by atoms with Crippen LogP contribution < -0.4 is 5.73 Å². The lowest BCUT2D eigenvalue weighted by atomic mass is 9.65. The van der Waals surface area contributed by atoms with E-state index in [2.05, 4.69) is 93.4 Å². The maximum absolute atomic E-state index is 12.4. The van der Waals surface area contributed by atoms with Gasteiger partial charge in [-0.05, 0) is 69.7 Å². The number of esters is 1. The Morgan fingerprint density at radius 1 is 0.900 bits per heavy atom. The summed E-state index contributed by atoms with van der Waals surface area (Å²) in [5, 5.41) is 9.53. The largest absolute Gasteiger partial charge is 0.462 e. The van der Waals surface area contributed by atoms with Gasteiger partial charge in [-0.15, -0.1) is 0 Å². The van der Waals surface area contributed by atoms with E-state index >= 15 is 0 Å². The van der Waals surface area contributed by atoms with Crippen molar-refractivity contribution in [2.24, 2.45) is 5.73 Å². The molecule has 2 heterocycles. The number of hydrogen-bond donors (Lipinski definition) is 2. The molecule has 5 heteroatoms. The van der Waals surface area contributed by atoms with Crippen LogP contribution in [0.1, 0.15) is 69.1 Å². The molecule has 5 atom stereocenters. The number of nitrogens with two attached hydrogens (primary N) is 1. The van der Waals surface area contributed by atoms with E-state index in [0.29, 0.717) is 12.1 Å². The Hall–Kier alpha value is -2.99. The highest BCUT2D eigenvalue weighted by atomic mass is 16.5. The Bertz CT molecular complexity index is 1180. The molecule has 5 rings (SSSR count). The summed E-state index contributed by atoms with van der Waals surface area (Å²) in [5.41, 5.74) is 9.56. The van der Waals surface area contributed by atoms with Crippen molar-refractivity contribution >= 4 is 5.97 Å². The van der Waals surface area contributed by atoms with E-state index in [1.807, 2.05) is 30.3 Å². The normalized spacial score (nSPS) is 22.9. The minimum absolute atomic E-state index is 0.00367. The maximum Gasteiger partial charge on any atom is 0.316 e. The smallest absolute Gasteiger partial charge is 0.316 e. The molecule has 2 saturated heterocycles. The molecule has 0 amide bonds. The standard InChI is InChI=1S/C18H23N.C17H23NO3/c1-17(2,19)18(3,16-12-8-5-9-13-16)14-15-10-6-4-7-11-15;1-18-13-7-8-14(18)10-15(9-13)21-17(20)16(11-19)12-5-3-2-4-6-12/h4-13H,14,19H2,1-3H3;2-6,13-16,19H,7-11H2,1H3/t;13-,14+,15+,16?. The molecule has 5 nitrogen and oxygen atoms in total. The summed E-state index contributed by atoms with van der Waals surface area (Å²) in [6, 6.07) is 31.6. The van der Waals surface area contributed by atoms with Crippen LogP contribution in [0.4, 0.5) is 0 Å². The van der Waals surface area contributed by atoms with Gasteiger partial charge in [0, 0.05) is 23.0 Å². The lowest BCUT2D eigenvalue weighted by Gasteiger charge is -2.42. The van der Waals surface area contributed by atoms with Crippen molar-refractivity contribution in [3.8, 4) is 0 Å². The topological polar surface area (TPSA) is 75.8 Å². The first-order chi connectivity index (χ1) is 19.1. The monoisotopic (exact) mass is 542 g/mol. The van der Waals surface area contributed by atoms with Crippen LogP contribution >= 0.6 is 0 Å². The highest BCUT2D eigenvalue weighted by molar-refractivity contribution is 5.78. The summed E-state index contributed by atoms with van der Waals surface area (Å²) in [6.07, 6.45) is 5.21. The van der Waals surface area contributed by atoms with E-state index in [0.717, 1.165) is 24.8 Å². The van der Waals surface area contributed by atoms with Crippen LogP contribution in [0.3, 0.4) is 0 Å². The number of ether oxygens (including phenoxy) is 1. The second-order valence-corrected chi connectivity index (χ2v) is 12.3. The van der Waals surface area contributed by atoms with Crippen molar-refractivity contribution in [1.29, 1.82) is 0 Å². The minimum atomic E-state index is -0.566. The molecule has 2 bridgehead atoms. The quantitative estimate of drug-likeness (QED) is 0.349. The summed E-state index contributed by atoms with van der Waals surface area (Å²) >= 11 is 0. The van der Waals surface area contributed by atoms with Crippen LogP contribution in [0.15, 0.2) is 91.0 Å². The number of piperidine rings is 1. The van der Waals surface area contributed by atoms with Gasteiger partial charge in [-0.3, -0.25) is 4.79 Å². The molecule has 214 valence electrons. The van der Waals surface area contributed by atoms with Crippen molar-refractivity contribution in [3.63, 3.8) is 0 Å². The predicted octanol–water partition coefficient (Wildman–Crippen LogP) is 5.86. The molecule has 0 saturated carbocycles. The molecule has 0 aromatic heterocycles. The fourth-order valence-corrected chi connectivity index (χ4v) is 6.22. The third kappa shape index (κ3) is 7.01.